The van der Waals surface area contributed by atoms with Crippen LogP contribution in [0.3, 0.4) is 0 Å². The summed E-state index contributed by atoms with van der Waals surface area (Å²) in [6.07, 6.45) is 3.00. The van der Waals surface area contributed by atoms with Crippen LogP contribution in [0.15, 0.2) is 12.1 Å². The van der Waals surface area contributed by atoms with E-state index in [4.69, 9.17) is 5.11 Å². The second kappa shape index (κ2) is 7.06. The minimum absolute atomic E-state index is 0.0930. The molecule has 1 unspecified atom stereocenters. The average Bonchev–Trinajstić information content (AvgIpc) is 2.56. The third kappa shape index (κ3) is 3.87. The van der Waals surface area contributed by atoms with Gasteiger partial charge >= 0.3 is 5.97 Å². The minimum Gasteiger partial charge on any atom is -0.481 e. The molecule has 25 heavy (non-hydrogen) atoms. The second-order valence-electron chi connectivity index (χ2n) is 6.41. The van der Waals surface area contributed by atoms with Crippen LogP contribution in [0.5, 0.6) is 0 Å². The monoisotopic (exact) mass is 348 g/mol. The van der Waals surface area contributed by atoms with Crippen LogP contribution in [0, 0.1) is 10.1 Å². The Bertz CT molecular complexity index is 715. The number of likely N-dealkylation sites (tertiary alicyclic amines) is 1. The van der Waals surface area contributed by atoms with Crippen molar-refractivity contribution in [1.29, 1.82) is 0 Å². The molecule has 1 atom stereocenters. The van der Waals surface area contributed by atoms with Gasteiger partial charge in [-0.05, 0) is 31.5 Å². The molecule has 134 valence electrons. The number of aliphatic carboxylic acids is 1. The van der Waals surface area contributed by atoms with Gasteiger partial charge in [0.1, 0.15) is 6.04 Å². The zero-order valence-corrected chi connectivity index (χ0v) is 13.7. The van der Waals surface area contributed by atoms with Gasteiger partial charge in [0.2, 0.25) is 5.91 Å². The number of rotatable bonds is 5. The van der Waals surface area contributed by atoms with Gasteiger partial charge in [-0.3, -0.25) is 24.6 Å². The van der Waals surface area contributed by atoms with Gasteiger partial charge in [-0.2, -0.15) is 0 Å². The van der Waals surface area contributed by atoms with Gasteiger partial charge in [0.15, 0.2) is 0 Å². The van der Waals surface area contributed by atoms with Crippen LogP contribution >= 0.6 is 0 Å². The molecule has 0 saturated carbocycles. The van der Waals surface area contributed by atoms with Crippen molar-refractivity contribution < 1.29 is 19.6 Å². The molecule has 0 radical (unpaired) electrons. The largest absolute Gasteiger partial charge is 0.481 e. The highest BCUT2D eigenvalue weighted by Gasteiger charge is 2.31. The molecule has 1 saturated heterocycles. The Morgan fingerprint density at radius 2 is 2.04 bits per heavy atom. The predicted molar refractivity (Wildman–Crippen MR) is 90.5 cm³/mol. The first-order valence-corrected chi connectivity index (χ1v) is 8.27. The summed E-state index contributed by atoms with van der Waals surface area (Å²) < 4.78 is 0. The predicted octanol–water partition coefficient (Wildman–Crippen LogP) is 1.79. The molecule has 0 bridgehead atoms. The van der Waals surface area contributed by atoms with E-state index in [0.717, 1.165) is 25.9 Å². The van der Waals surface area contributed by atoms with E-state index in [0.29, 0.717) is 23.5 Å². The number of nitro groups is 1. The zero-order valence-electron chi connectivity index (χ0n) is 13.7. The van der Waals surface area contributed by atoms with E-state index in [-0.39, 0.29) is 12.1 Å². The Morgan fingerprint density at radius 1 is 1.32 bits per heavy atom. The maximum atomic E-state index is 12.1. The second-order valence-corrected chi connectivity index (χ2v) is 6.41. The fourth-order valence-electron chi connectivity index (χ4n) is 3.32. The van der Waals surface area contributed by atoms with Crippen molar-refractivity contribution in [3.8, 4) is 0 Å². The molecule has 9 heteroatoms. The molecule has 3 rings (SSSR count). The maximum Gasteiger partial charge on any atom is 0.305 e. The maximum absolute atomic E-state index is 12.1. The highest BCUT2D eigenvalue weighted by Crippen LogP contribution is 2.36. The fourth-order valence-corrected chi connectivity index (χ4v) is 3.32. The molecular weight excluding hydrogens is 328 g/mol. The van der Waals surface area contributed by atoms with Crippen molar-refractivity contribution in [2.75, 3.05) is 23.7 Å². The molecule has 2 aliphatic heterocycles. The van der Waals surface area contributed by atoms with E-state index in [1.54, 1.807) is 0 Å². The molecule has 2 heterocycles. The van der Waals surface area contributed by atoms with Crippen LogP contribution in [0.2, 0.25) is 0 Å². The number of nitro benzene ring substituents is 1. The van der Waals surface area contributed by atoms with Crippen LogP contribution in [0.4, 0.5) is 17.1 Å². The summed E-state index contributed by atoms with van der Waals surface area (Å²) in [5.74, 6) is -1.59. The number of amides is 1. The van der Waals surface area contributed by atoms with Crippen molar-refractivity contribution in [3.05, 3.63) is 27.8 Å². The van der Waals surface area contributed by atoms with E-state index in [1.165, 1.54) is 18.6 Å². The minimum atomic E-state index is -1.09. The van der Waals surface area contributed by atoms with E-state index >= 15 is 0 Å². The van der Waals surface area contributed by atoms with Crippen molar-refractivity contribution >= 4 is 28.9 Å². The van der Waals surface area contributed by atoms with Gasteiger partial charge in [0.25, 0.3) is 5.69 Å². The number of benzene rings is 1. The Labute approximate surface area is 144 Å². The summed E-state index contributed by atoms with van der Waals surface area (Å²) >= 11 is 0. The van der Waals surface area contributed by atoms with E-state index in [2.05, 4.69) is 15.5 Å². The Balaban J connectivity index is 1.93. The molecule has 2 aliphatic rings. The lowest BCUT2D eigenvalue weighted by Gasteiger charge is -2.31. The SMILES string of the molecule is O=C(O)CC1Nc2c(CN3CCCCC3)cc([N+](=O)[O-])cc2NC1=O. The number of carboxylic acids is 1. The van der Waals surface area contributed by atoms with Crippen molar-refractivity contribution in [3.63, 3.8) is 0 Å². The first-order chi connectivity index (χ1) is 11.9. The van der Waals surface area contributed by atoms with Crippen molar-refractivity contribution in [1.82, 2.24) is 4.90 Å². The normalized spacial score (nSPS) is 20.3. The Kier molecular flexibility index (Phi) is 4.84. The molecule has 3 N–H and O–H groups in total. The third-order valence-electron chi connectivity index (χ3n) is 4.53. The van der Waals surface area contributed by atoms with Gasteiger partial charge in [-0.1, -0.05) is 6.42 Å². The first-order valence-electron chi connectivity index (χ1n) is 8.27. The summed E-state index contributed by atoms with van der Waals surface area (Å²) in [5, 5.41) is 25.7. The molecule has 1 aromatic carbocycles. The third-order valence-corrected chi connectivity index (χ3v) is 4.53. The molecule has 0 aromatic heterocycles. The van der Waals surface area contributed by atoms with Gasteiger partial charge in [0, 0.05) is 18.7 Å². The highest BCUT2D eigenvalue weighted by atomic mass is 16.6. The van der Waals surface area contributed by atoms with Crippen LogP contribution in [-0.2, 0) is 16.1 Å². The van der Waals surface area contributed by atoms with Gasteiger partial charge in [-0.15, -0.1) is 0 Å². The lowest BCUT2D eigenvalue weighted by Crippen LogP contribution is -2.41. The smallest absolute Gasteiger partial charge is 0.305 e. The van der Waals surface area contributed by atoms with Crippen molar-refractivity contribution in [2.24, 2.45) is 0 Å². The number of hydrogen-bond acceptors (Lipinski definition) is 6. The molecule has 0 aliphatic carbocycles. The zero-order chi connectivity index (χ0) is 18.0. The number of nitrogens with one attached hydrogen (secondary N) is 2. The molecular formula is C16H20N4O5. The van der Waals surface area contributed by atoms with Crippen molar-refractivity contribution in [2.45, 2.75) is 38.3 Å². The van der Waals surface area contributed by atoms with Gasteiger partial charge in [0.05, 0.1) is 22.7 Å². The number of hydrogen-bond donors (Lipinski definition) is 3. The molecule has 1 aromatic rings. The number of carbonyl (C=O) groups excluding carboxylic acids is 1. The summed E-state index contributed by atoms with van der Waals surface area (Å²) in [6, 6.07) is 1.90. The van der Waals surface area contributed by atoms with Gasteiger partial charge in [-0.25, -0.2) is 0 Å². The lowest BCUT2D eigenvalue weighted by molar-refractivity contribution is -0.384. The first kappa shape index (κ1) is 17.2. The number of non-ortho nitro benzene ring substituents is 1. The summed E-state index contributed by atoms with van der Waals surface area (Å²) in [7, 11) is 0. The fraction of sp³-hybridized carbons (Fsp3) is 0.500. The molecule has 1 amide bonds. The number of nitrogens with zero attached hydrogens (tertiary/aromatic N) is 2. The van der Waals surface area contributed by atoms with Crippen LogP contribution in [-0.4, -0.2) is 45.9 Å². The molecule has 0 spiro atoms. The van der Waals surface area contributed by atoms with E-state index in [1.807, 2.05) is 0 Å². The quantitative estimate of drug-likeness (QED) is 0.547. The standard InChI is InChI=1S/C16H20N4O5/c21-14(22)8-13-16(23)18-12-7-11(20(24)25)6-10(15(12)17-13)9-19-4-2-1-3-5-19/h6-7,13,17H,1-5,8-9H2,(H,18,23)(H,21,22). The lowest BCUT2D eigenvalue weighted by atomic mass is 10.0. The van der Waals surface area contributed by atoms with Crippen LogP contribution < -0.4 is 10.6 Å². The molecule has 1 fully saturated rings. The summed E-state index contributed by atoms with van der Waals surface area (Å²) in [6.45, 7) is 2.36. The highest BCUT2D eigenvalue weighted by molar-refractivity contribution is 6.05. The number of piperidine rings is 1. The van der Waals surface area contributed by atoms with E-state index < -0.39 is 22.8 Å². The van der Waals surface area contributed by atoms with Crippen LogP contribution in [0.25, 0.3) is 0 Å². The van der Waals surface area contributed by atoms with Crippen LogP contribution in [0.1, 0.15) is 31.2 Å². The summed E-state index contributed by atoms with van der Waals surface area (Å²) in [5.41, 5.74) is 1.50. The number of anilines is 2. The number of carboxylic acid groups (broad SMARTS) is 1. The van der Waals surface area contributed by atoms with Gasteiger partial charge < -0.3 is 15.7 Å². The number of fused-ring (bicyclic) bond motifs is 1. The topological polar surface area (TPSA) is 125 Å². The Hall–Kier alpha value is -2.68. The average molecular weight is 348 g/mol. The molecule has 9 nitrogen and oxygen atoms in total. The number of carbonyl (C=O) groups is 2. The Morgan fingerprint density at radius 3 is 2.68 bits per heavy atom. The summed E-state index contributed by atoms with van der Waals surface area (Å²) in [4.78, 5) is 35.9. The van der Waals surface area contributed by atoms with E-state index in [9.17, 15) is 19.7 Å².